The van der Waals surface area contributed by atoms with E-state index in [1.54, 1.807) is 11.3 Å². The third-order valence-corrected chi connectivity index (χ3v) is 4.87. The average Bonchev–Trinajstić information content (AvgIpc) is 2.85. The Hall–Kier alpha value is -1.09. The number of nitrogens with one attached hydrogen (secondary N) is 1. The predicted molar refractivity (Wildman–Crippen MR) is 79.2 cm³/mol. The predicted octanol–water partition coefficient (Wildman–Crippen LogP) is 4.53. The van der Waals surface area contributed by atoms with E-state index in [1.165, 1.54) is 35.8 Å². The summed E-state index contributed by atoms with van der Waals surface area (Å²) >= 11 is 1.78. The SMILES string of the molecule is CC1CCCC(CNc2nccc3sccc23)C1. The molecule has 0 aromatic carbocycles. The van der Waals surface area contributed by atoms with E-state index in [0.717, 1.165) is 24.2 Å². The molecule has 2 heterocycles. The van der Waals surface area contributed by atoms with E-state index in [-0.39, 0.29) is 0 Å². The summed E-state index contributed by atoms with van der Waals surface area (Å²) in [5, 5.41) is 6.97. The first-order chi connectivity index (χ1) is 8.83. The van der Waals surface area contributed by atoms with Gasteiger partial charge >= 0.3 is 0 Å². The molecular weight excluding hydrogens is 240 g/mol. The zero-order valence-electron chi connectivity index (χ0n) is 10.9. The molecule has 1 fully saturated rings. The third kappa shape index (κ3) is 2.51. The summed E-state index contributed by atoms with van der Waals surface area (Å²) in [5.74, 6) is 2.78. The van der Waals surface area contributed by atoms with Gasteiger partial charge in [-0.25, -0.2) is 4.98 Å². The van der Waals surface area contributed by atoms with Crippen LogP contribution in [-0.4, -0.2) is 11.5 Å². The van der Waals surface area contributed by atoms with E-state index >= 15 is 0 Å². The molecule has 18 heavy (non-hydrogen) atoms. The van der Waals surface area contributed by atoms with Gasteiger partial charge in [-0.05, 0) is 42.2 Å². The van der Waals surface area contributed by atoms with Gasteiger partial charge in [0.2, 0.25) is 0 Å². The fraction of sp³-hybridized carbons (Fsp3) is 0.533. The molecule has 2 atom stereocenters. The molecular formula is C15H20N2S. The van der Waals surface area contributed by atoms with Crippen LogP contribution in [0.1, 0.15) is 32.6 Å². The van der Waals surface area contributed by atoms with Crippen molar-refractivity contribution in [1.82, 2.24) is 4.98 Å². The lowest BCUT2D eigenvalue weighted by molar-refractivity contribution is 0.293. The van der Waals surface area contributed by atoms with E-state index in [4.69, 9.17) is 0 Å². The van der Waals surface area contributed by atoms with Gasteiger partial charge in [0.05, 0.1) is 0 Å². The molecule has 2 aromatic heterocycles. The zero-order valence-corrected chi connectivity index (χ0v) is 11.7. The number of aromatic nitrogens is 1. The van der Waals surface area contributed by atoms with E-state index < -0.39 is 0 Å². The Bertz CT molecular complexity index is 520. The van der Waals surface area contributed by atoms with Crippen LogP contribution in [0.15, 0.2) is 23.7 Å². The minimum Gasteiger partial charge on any atom is -0.369 e. The van der Waals surface area contributed by atoms with Gasteiger partial charge in [0.15, 0.2) is 0 Å². The Morgan fingerprint density at radius 3 is 3.22 bits per heavy atom. The van der Waals surface area contributed by atoms with Crippen LogP contribution in [-0.2, 0) is 0 Å². The maximum atomic E-state index is 4.48. The summed E-state index contributed by atoms with van der Waals surface area (Å²) in [6.07, 6.45) is 7.45. The normalized spacial score (nSPS) is 24.3. The number of thiophene rings is 1. The molecule has 2 unspecified atom stereocenters. The number of fused-ring (bicyclic) bond motifs is 1. The van der Waals surface area contributed by atoms with Crippen molar-refractivity contribution < 1.29 is 0 Å². The monoisotopic (exact) mass is 260 g/mol. The van der Waals surface area contributed by atoms with E-state index in [9.17, 15) is 0 Å². The van der Waals surface area contributed by atoms with Crippen LogP contribution in [0.5, 0.6) is 0 Å². The number of anilines is 1. The molecule has 0 spiro atoms. The van der Waals surface area contributed by atoms with Crippen LogP contribution in [0.3, 0.4) is 0 Å². The summed E-state index contributed by atoms with van der Waals surface area (Å²) in [4.78, 5) is 4.48. The Balaban J connectivity index is 1.67. The van der Waals surface area contributed by atoms with E-state index in [0.29, 0.717) is 0 Å². The van der Waals surface area contributed by atoms with Crippen molar-refractivity contribution >= 4 is 27.2 Å². The topological polar surface area (TPSA) is 24.9 Å². The average molecular weight is 260 g/mol. The molecule has 2 aromatic rings. The Morgan fingerprint density at radius 1 is 1.39 bits per heavy atom. The quantitative estimate of drug-likeness (QED) is 0.876. The Labute approximate surface area is 112 Å². The molecule has 0 amide bonds. The molecule has 1 N–H and O–H groups in total. The Kier molecular flexibility index (Phi) is 3.50. The van der Waals surface area contributed by atoms with Gasteiger partial charge in [0.1, 0.15) is 5.82 Å². The smallest absolute Gasteiger partial charge is 0.134 e. The van der Waals surface area contributed by atoms with Crippen molar-refractivity contribution in [3.05, 3.63) is 23.7 Å². The van der Waals surface area contributed by atoms with E-state index in [1.807, 2.05) is 6.20 Å². The maximum Gasteiger partial charge on any atom is 0.134 e. The summed E-state index contributed by atoms with van der Waals surface area (Å²) in [7, 11) is 0. The lowest BCUT2D eigenvalue weighted by Crippen LogP contribution is -2.21. The fourth-order valence-electron chi connectivity index (χ4n) is 3.02. The van der Waals surface area contributed by atoms with Gasteiger partial charge < -0.3 is 5.32 Å². The van der Waals surface area contributed by atoms with Crippen molar-refractivity contribution in [3.8, 4) is 0 Å². The Morgan fingerprint density at radius 2 is 2.33 bits per heavy atom. The number of hydrogen-bond donors (Lipinski definition) is 1. The standard InChI is InChI=1S/C15H20N2S/c1-11-3-2-4-12(9-11)10-17-15-13-6-8-18-14(13)5-7-16-15/h5-8,11-12H,2-4,9-10H2,1H3,(H,16,17). The second kappa shape index (κ2) is 5.27. The maximum absolute atomic E-state index is 4.48. The third-order valence-electron chi connectivity index (χ3n) is 3.98. The first kappa shape index (κ1) is 12.0. The van der Waals surface area contributed by atoms with Crippen LogP contribution >= 0.6 is 11.3 Å². The molecule has 0 saturated heterocycles. The van der Waals surface area contributed by atoms with Gasteiger partial charge in [0, 0.05) is 22.8 Å². The van der Waals surface area contributed by atoms with Crippen molar-refractivity contribution in [1.29, 1.82) is 0 Å². The molecule has 3 heteroatoms. The molecule has 1 saturated carbocycles. The van der Waals surface area contributed by atoms with Gasteiger partial charge in [-0.3, -0.25) is 0 Å². The largest absolute Gasteiger partial charge is 0.369 e. The zero-order chi connectivity index (χ0) is 12.4. The van der Waals surface area contributed by atoms with Crippen LogP contribution in [0.25, 0.3) is 10.1 Å². The van der Waals surface area contributed by atoms with Crippen LogP contribution in [0, 0.1) is 11.8 Å². The van der Waals surface area contributed by atoms with Crippen molar-refractivity contribution in [2.75, 3.05) is 11.9 Å². The minimum atomic E-state index is 0.824. The first-order valence-electron chi connectivity index (χ1n) is 6.89. The summed E-state index contributed by atoms with van der Waals surface area (Å²) in [6, 6.07) is 4.26. The highest BCUT2D eigenvalue weighted by Crippen LogP contribution is 2.30. The molecule has 2 nitrogen and oxygen atoms in total. The molecule has 96 valence electrons. The number of hydrogen-bond acceptors (Lipinski definition) is 3. The summed E-state index contributed by atoms with van der Waals surface area (Å²) < 4.78 is 1.32. The van der Waals surface area contributed by atoms with Crippen LogP contribution in [0.4, 0.5) is 5.82 Å². The van der Waals surface area contributed by atoms with Gasteiger partial charge in [-0.15, -0.1) is 11.3 Å². The molecule has 3 rings (SSSR count). The summed E-state index contributed by atoms with van der Waals surface area (Å²) in [6.45, 7) is 3.45. The second-order valence-electron chi connectivity index (χ2n) is 5.51. The van der Waals surface area contributed by atoms with Crippen molar-refractivity contribution in [3.63, 3.8) is 0 Å². The molecule has 1 aliphatic rings. The molecule has 1 aliphatic carbocycles. The lowest BCUT2D eigenvalue weighted by Gasteiger charge is -2.27. The van der Waals surface area contributed by atoms with Crippen LogP contribution in [0.2, 0.25) is 0 Å². The highest BCUT2D eigenvalue weighted by Gasteiger charge is 2.18. The lowest BCUT2D eigenvalue weighted by atomic mass is 9.82. The fourth-order valence-corrected chi connectivity index (χ4v) is 3.80. The first-order valence-corrected chi connectivity index (χ1v) is 7.77. The molecule has 0 radical (unpaired) electrons. The minimum absolute atomic E-state index is 0.824. The highest BCUT2D eigenvalue weighted by molar-refractivity contribution is 7.17. The number of pyridine rings is 1. The van der Waals surface area contributed by atoms with Gasteiger partial charge in [-0.2, -0.15) is 0 Å². The van der Waals surface area contributed by atoms with E-state index in [2.05, 4.69) is 34.7 Å². The molecule has 0 aliphatic heterocycles. The molecule has 0 bridgehead atoms. The number of rotatable bonds is 3. The highest BCUT2D eigenvalue weighted by atomic mass is 32.1. The summed E-state index contributed by atoms with van der Waals surface area (Å²) in [5.41, 5.74) is 0. The van der Waals surface area contributed by atoms with Crippen LogP contribution < -0.4 is 5.32 Å². The van der Waals surface area contributed by atoms with Gasteiger partial charge in [0.25, 0.3) is 0 Å². The number of nitrogens with zero attached hydrogens (tertiary/aromatic N) is 1. The van der Waals surface area contributed by atoms with Crippen molar-refractivity contribution in [2.45, 2.75) is 32.6 Å². The second-order valence-corrected chi connectivity index (χ2v) is 6.46. The van der Waals surface area contributed by atoms with Gasteiger partial charge in [-0.1, -0.05) is 19.8 Å². The van der Waals surface area contributed by atoms with Crippen molar-refractivity contribution in [2.24, 2.45) is 11.8 Å².